The van der Waals surface area contributed by atoms with Gasteiger partial charge in [-0.2, -0.15) is 0 Å². The van der Waals surface area contributed by atoms with Crippen LogP contribution in [0.1, 0.15) is 30.9 Å². The van der Waals surface area contributed by atoms with Crippen molar-refractivity contribution in [3.63, 3.8) is 0 Å². The number of nitrogens with one attached hydrogen (secondary N) is 1. The van der Waals surface area contributed by atoms with Crippen LogP contribution in [0.4, 0.5) is 0 Å². The number of aliphatic imine (C=N–C) groups is 1. The second-order valence-corrected chi connectivity index (χ2v) is 7.62. The van der Waals surface area contributed by atoms with Crippen LogP contribution in [0, 0.1) is 6.92 Å². The van der Waals surface area contributed by atoms with E-state index in [0.29, 0.717) is 5.91 Å². The van der Waals surface area contributed by atoms with Gasteiger partial charge >= 0.3 is 0 Å². The first-order chi connectivity index (χ1) is 13.1. The van der Waals surface area contributed by atoms with E-state index in [9.17, 15) is 4.79 Å². The average Bonchev–Trinajstić information content (AvgIpc) is 3.23. The maximum Gasteiger partial charge on any atom is 0.239 e. The fraction of sp³-hybridized carbons (Fsp3) is 0.619. The molecule has 6 nitrogen and oxygen atoms in total. The molecule has 27 heavy (non-hydrogen) atoms. The van der Waals surface area contributed by atoms with E-state index < -0.39 is 0 Å². The summed E-state index contributed by atoms with van der Waals surface area (Å²) in [6.07, 6.45) is 2.30. The van der Waals surface area contributed by atoms with Gasteiger partial charge in [0, 0.05) is 52.9 Å². The van der Waals surface area contributed by atoms with Crippen molar-refractivity contribution in [2.45, 2.75) is 39.3 Å². The predicted molar refractivity (Wildman–Crippen MR) is 110 cm³/mol. The number of hydrogen-bond acceptors (Lipinski definition) is 3. The first-order valence-electron chi connectivity index (χ1n) is 10.1. The van der Waals surface area contributed by atoms with Gasteiger partial charge < -0.3 is 15.1 Å². The largest absolute Gasteiger partial charge is 0.352 e. The van der Waals surface area contributed by atoms with E-state index in [2.05, 4.69) is 58.2 Å². The van der Waals surface area contributed by atoms with Crippen LogP contribution in [0.5, 0.6) is 0 Å². The molecule has 2 aliphatic heterocycles. The van der Waals surface area contributed by atoms with Crippen LogP contribution in [-0.2, 0) is 11.3 Å². The van der Waals surface area contributed by atoms with Crippen molar-refractivity contribution in [1.29, 1.82) is 0 Å². The minimum Gasteiger partial charge on any atom is -0.352 e. The van der Waals surface area contributed by atoms with Crippen molar-refractivity contribution >= 4 is 11.9 Å². The topological polar surface area (TPSA) is 51.2 Å². The molecule has 1 aromatic rings. The van der Waals surface area contributed by atoms with Crippen LogP contribution in [0.3, 0.4) is 0 Å². The van der Waals surface area contributed by atoms with E-state index in [-0.39, 0.29) is 6.04 Å². The van der Waals surface area contributed by atoms with Crippen molar-refractivity contribution in [2.24, 2.45) is 4.99 Å². The van der Waals surface area contributed by atoms with Crippen LogP contribution < -0.4 is 5.32 Å². The number of nitrogens with zero attached hydrogens (tertiary/aromatic N) is 4. The highest BCUT2D eigenvalue weighted by Crippen LogP contribution is 2.14. The average molecular weight is 372 g/mol. The summed E-state index contributed by atoms with van der Waals surface area (Å²) in [5.41, 5.74) is 2.54. The molecule has 2 aliphatic rings. The molecule has 2 heterocycles. The maximum atomic E-state index is 12.6. The van der Waals surface area contributed by atoms with Crippen molar-refractivity contribution in [3.05, 3.63) is 35.4 Å². The van der Waals surface area contributed by atoms with E-state index in [0.717, 1.165) is 64.6 Å². The molecule has 6 heteroatoms. The number of guanidine groups is 1. The van der Waals surface area contributed by atoms with Gasteiger partial charge in [-0.05, 0) is 32.3 Å². The van der Waals surface area contributed by atoms with E-state index in [1.54, 1.807) is 0 Å². The second kappa shape index (κ2) is 9.22. The fourth-order valence-electron chi connectivity index (χ4n) is 4.01. The lowest BCUT2D eigenvalue weighted by molar-refractivity contribution is -0.135. The number of rotatable bonds is 4. The summed E-state index contributed by atoms with van der Waals surface area (Å²) < 4.78 is 0. The Hall–Kier alpha value is -2.08. The van der Waals surface area contributed by atoms with Crippen LogP contribution in [0.15, 0.2) is 29.3 Å². The molecule has 2 fully saturated rings. The predicted octanol–water partition coefficient (Wildman–Crippen LogP) is 1.70. The molecular weight excluding hydrogens is 338 g/mol. The monoisotopic (exact) mass is 371 g/mol. The number of likely N-dealkylation sites (tertiary alicyclic amines) is 1. The maximum absolute atomic E-state index is 12.6. The molecule has 0 aromatic heterocycles. The van der Waals surface area contributed by atoms with E-state index in [4.69, 9.17) is 0 Å². The number of piperazine rings is 1. The number of amides is 1. The number of hydrogen-bond donors (Lipinski definition) is 1. The third-order valence-corrected chi connectivity index (χ3v) is 5.68. The highest BCUT2D eigenvalue weighted by atomic mass is 16.2. The Morgan fingerprint density at radius 3 is 2.44 bits per heavy atom. The smallest absolute Gasteiger partial charge is 0.239 e. The number of carbonyl (C=O) groups is 1. The quantitative estimate of drug-likeness (QED) is 0.647. The summed E-state index contributed by atoms with van der Waals surface area (Å²) in [7, 11) is 1.84. The zero-order chi connectivity index (χ0) is 19.2. The van der Waals surface area contributed by atoms with Gasteiger partial charge in [0.2, 0.25) is 5.91 Å². The lowest BCUT2D eigenvalue weighted by atomic mass is 10.1. The van der Waals surface area contributed by atoms with Gasteiger partial charge in [0.05, 0.1) is 6.04 Å². The highest BCUT2D eigenvalue weighted by Gasteiger charge is 2.30. The lowest BCUT2D eigenvalue weighted by Crippen LogP contribution is -2.57. The Balaban J connectivity index is 1.48. The standard InChI is InChI=1S/C21H33N5O/c1-17-7-6-8-19(15-17)16-23-21(22-3)26-13-11-24(12-14-26)18(2)20(27)25-9-4-5-10-25/h6-8,15,18H,4-5,9-14,16H2,1-3H3,(H,22,23). The molecule has 1 atom stereocenters. The Bertz CT molecular complexity index is 660. The van der Waals surface area contributed by atoms with E-state index in [1.807, 2.05) is 11.9 Å². The van der Waals surface area contributed by atoms with Crippen molar-refractivity contribution < 1.29 is 4.79 Å². The molecule has 0 spiro atoms. The summed E-state index contributed by atoms with van der Waals surface area (Å²) in [4.78, 5) is 23.7. The summed E-state index contributed by atoms with van der Waals surface area (Å²) in [5.74, 6) is 1.23. The Kier molecular flexibility index (Phi) is 6.72. The molecule has 148 valence electrons. The molecule has 2 saturated heterocycles. The zero-order valence-corrected chi connectivity index (χ0v) is 16.9. The minimum atomic E-state index is -0.0208. The summed E-state index contributed by atoms with van der Waals surface area (Å²) in [5, 5.41) is 3.48. The van der Waals surface area contributed by atoms with Gasteiger partial charge in [-0.1, -0.05) is 29.8 Å². The fourth-order valence-corrected chi connectivity index (χ4v) is 4.01. The Morgan fingerprint density at radius 1 is 1.11 bits per heavy atom. The van der Waals surface area contributed by atoms with Gasteiger partial charge in [0.15, 0.2) is 5.96 Å². The molecule has 1 N–H and O–H groups in total. The number of benzene rings is 1. The summed E-state index contributed by atoms with van der Waals surface area (Å²) >= 11 is 0. The lowest BCUT2D eigenvalue weighted by Gasteiger charge is -2.39. The molecule has 3 rings (SSSR count). The third kappa shape index (κ3) is 5.01. The number of aryl methyl sites for hydroxylation is 1. The van der Waals surface area contributed by atoms with Crippen molar-refractivity contribution in [1.82, 2.24) is 20.0 Å². The Labute approximate surface area is 163 Å². The van der Waals surface area contributed by atoms with E-state index in [1.165, 1.54) is 11.1 Å². The van der Waals surface area contributed by atoms with Crippen molar-refractivity contribution in [3.8, 4) is 0 Å². The Morgan fingerprint density at radius 2 is 1.81 bits per heavy atom. The molecule has 0 bridgehead atoms. The first-order valence-corrected chi connectivity index (χ1v) is 10.1. The third-order valence-electron chi connectivity index (χ3n) is 5.68. The summed E-state index contributed by atoms with van der Waals surface area (Å²) in [6.45, 7) is 10.4. The van der Waals surface area contributed by atoms with Crippen LogP contribution in [-0.4, -0.2) is 78.9 Å². The normalized spacial score (nSPS) is 20.0. The highest BCUT2D eigenvalue weighted by molar-refractivity contribution is 5.82. The molecule has 0 radical (unpaired) electrons. The molecule has 0 aliphatic carbocycles. The van der Waals surface area contributed by atoms with Crippen LogP contribution >= 0.6 is 0 Å². The van der Waals surface area contributed by atoms with Crippen molar-refractivity contribution in [2.75, 3.05) is 46.3 Å². The molecule has 1 unspecified atom stereocenters. The van der Waals surface area contributed by atoms with Gasteiger partial charge in [0.1, 0.15) is 0 Å². The van der Waals surface area contributed by atoms with Gasteiger partial charge in [-0.15, -0.1) is 0 Å². The van der Waals surface area contributed by atoms with Gasteiger partial charge in [0.25, 0.3) is 0 Å². The summed E-state index contributed by atoms with van der Waals surface area (Å²) in [6, 6.07) is 8.52. The van der Waals surface area contributed by atoms with Gasteiger partial charge in [-0.25, -0.2) is 0 Å². The van der Waals surface area contributed by atoms with Crippen LogP contribution in [0.25, 0.3) is 0 Å². The molecule has 1 aromatic carbocycles. The number of carbonyl (C=O) groups excluding carboxylic acids is 1. The van der Waals surface area contributed by atoms with E-state index >= 15 is 0 Å². The zero-order valence-electron chi connectivity index (χ0n) is 16.9. The molecule has 0 saturated carbocycles. The van der Waals surface area contributed by atoms with Gasteiger partial charge in [-0.3, -0.25) is 14.7 Å². The SMILES string of the molecule is CN=C(NCc1cccc(C)c1)N1CCN(C(C)C(=O)N2CCCC2)CC1. The first kappa shape index (κ1) is 19.7. The second-order valence-electron chi connectivity index (χ2n) is 7.62. The minimum absolute atomic E-state index is 0.0208. The van der Waals surface area contributed by atoms with Crippen LogP contribution in [0.2, 0.25) is 0 Å². The molecule has 1 amide bonds. The molecular formula is C21H33N5O.